The van der Waals surface area contributed by atoms with Gasteiger partial charge in [0, 0.05) is 11.4 Å². The maximum atomic E-state index is 9.16. The van der Waals surface area contributed by atoms with Gasteiger partial charge in [0.25, 0.3) is 0 Å². The lowest BCUT2D eigenvalue weighted by Crippen LogP contribution is -2.52. The van der Waals surface area contributed by atoms with Crippen molar-refractivity contribution in [3.63, 3.8) is 0 Å². The zero-order valence-electron chi connectivity index (χ0n) is 9.05. The van der Waals surface area contributed by atoms with Crippen molar-refractivity contribution in [2.45, 2.75) is 44.7 Å². The van der Waals surface area contributed by atoms with Crippen molar-refractivity contribution in [2.24, 2.45) is 0 Å². The van der Waals surface area contributed by atoms with Crippen LogP contribution in [0.5, 0.6) is 0 Å². The van der Waals surface area contributed by atoms with Crippen LogP contribution in [0.3, 0.4) is 0 Å². The van der Waals surface area contributed by atoms with Crippen LogP contribution in [0.15, 0.2) is 0 Å². The SMILES string of the molecule is CCC(CC)([SiH2]CO)N1CCCC1. The zero-order chi connectivity index (χ0) is 9.73. The van der Waals surface area contributed by atoms with E-state index in [0.717, 1.165) is 0 Å². The van der Waals surface area contributed by atoms with Crippen LogP contribution in [0, 0.1) is 0 Å². The van der Waals surface area contributed by atoms with Crippen LogP contribution in [0.2, 0.25) is 0 Å². The van der Waals surface area contributed by atoms with Crippen molar-refractivity contribution in [1.82, 2.24) is 4.90 Å². The number of rotatable bonds is 5. The van der Waals surface area contributed by atoms with Crippen LogP contribution in [0.1, 0.15) is 39.5 Å². The molecular weight excluding hydrogens is 178 g/mol. The fourth-order valence-electron chi connectivity index (χ4n) is 2.61. The molecule has 3 heteroatoms. The van der Waals surface area contributed by atoms with Crippen molar-refractivity contribution in [2.75, 3.05) is 19.3 Å². The normalized spacial score (nSPS) is 20.5. The first-order valence-electron chi connectivity index (χ1n) is 5.65. The molecule has 1 rings (SSSR count). The van der Waals surface area contributed by atoms with Gasteiger partial charge in [0.05, 0.1) is 9.52 Å². The molecule has 0 aromatic rings. The van der Waals surface area contributed by atoms with Crippen LogP contribution in [-0.2, 0) is 0 Å². The summed E-state index contributed by atoms with van der Waals surface area (Å²) in [5.74, 6) is 0. The van der Waals surface area contributed by atoms with E-state index in [1.54, 1.807) is 0 Å². The number of aliphatic hydroxyl groups is 1. The molecule has 0 bridgehead atoms. The Hall–Kier alpha value is 0.137. The lowest BCUT2D eigenvalue weighted by molar-refractivity contribution is 0.179. The smallest absolute Gasteiger partial charge is 0.0750 e. The lowest BCUT2D eigenvalue weighted by atomic mass is 10.1. The van der Waals surface area contributed by atoms with Crippen molar-refractivity contribution in [3.05, 3.63) is 0 Å². The molecule has 0 aliphatic carbocycles. The number of hydrogen-bond donors (Lipinski definition) is 1. The fraction of sp³-hybridized carbons (Fsp3) is 1.00. The van der Waals surface area contributed by atoms with Gasteiger partial charge in [0.1, 0.15) is 0 Å². The molecule has 1 aliphatic rings. The van der Waals surface area contributed by atoms with Gasteiger partial charge in [-0.15, -0.1) is 0 Å². The van der Waals surface area contributed by atoms with E-state index < -0.39 is 0 Å². The monoisotopic (exact) mass is 201 g/mol. The summed E-state index contributed by atoms with van der Waals surface area (Å²) in [5.41, 5.74) is 0. The van der Waals surface area contributed by atoms with E-state index in [1.165, 1.54) is 38.8 Å². The minimum absolute atomic E-state index is 0.319. The van der Waals surface area contributed by atoms with Crippen molar-refractivity contribution in [1.29, 1.82) is 0 Å². The van der Waals surface area contributed by atoms with Gasteiger partial charge in [-0.2, -0.15) is 0 Å². The zero-order valence-corrected chi connectivity index (χ0v) is 10.5. The summed E-state index contributed by atoms with van der Waals surface area (Å²) < 4.78 is 0. The van der Waals surface area contributed by atoms with E-state index in [2.05, 4.69) is 18.7 Å². The minimum Gasteiger partial charge on any atom is -0.400 e. The number of aliphatic hydroxyl groups excluding tert-OH is 1. The fourth-order valence-corrected chi connectivity index (χ4v) is 4.36. The Kier molecular flexibility index (Phi) is 4.42. The molecule has 0 aromatic heterocycles. The Morgan fingerprint density at radius 2 is 1.77 bits per heavy atom. The summed E-state index contributed by atoms with van der Waals surface area (Å²) in [6, 6.07) is 0. The highest BCUT2D eigenvalue weighted by atomic mass is 28.2. The third-order valence-electron chi connectivity index (χ3n) is 3.67. The molecule has 0 aromatic carbocycles. The molecule has 13 heavy (non-hydrogen) atoms. The summed E-state index contributed by atoms with van der Waals surface area (Å²) in [5, 5.41) is 9.60. The van der Waals surface area contributed by atoms with Crippen LogP contribution in [0.4, 0.5) is 0 Å². The maximum Gasteiger partial charge on any atom is 0.0750 e. The quantitative estimate of drug-likeness (QED) is 0.663. The Labute approximate surface area is 84.1 Å². The minimum atomic E-state index is -0.319. The average Bonchev–Trinajstić information content (AvgIpc) is 2.68. The molecule has 1 aliphatic heterocycles. The van der Waals surface area contributed by atoms with Gasteiger partial charge in [-0.05, 0) is 38.8 Å². The first-order valence-corrected chi connectivity index (χ1v) is 7.35. The number of hydrogen-bond acceptors (Lipinski definition) is 2. The van der Waals surface area contributed by atoms with E-state index in [1.807, 2.05) is 0 Å². The van der Waals surface area contributed by atoms with Crippen LogP contribution in [-0.4, -0.2) is 44.0 Å². The van der Waals surface area contributed by atoms with Gasteiger partial charge in [0.15, 0.2) is 0 Å². The summed E-state index contributed by atoms with van der Waals surface area (Å²) in [7, 11) is -0.319. The van der Waals surface area contributed by atoms with E-state index >= 15 is 0 Å². The Bertz CT molecular complexity index is 142. The van der Waals surface area contributed by atoms with Gasteiger partial charge < -0.3 is 10.0 Å². The van der Waals surface area contributed by atoms with Crippen molar-refractivity contribution < 1.29 is 5.11 Å². The second-order valence-electron chi connectivity index (χ2n) is 4.10. The summed E-state index contributed by atoms with van der Waals surface area (Å²) in [6.45, 7) is 7.11. The molecule has 1 fully saturated rings. The van der Waals surface area contributed by atoms with E-state index in [-0.39, 0.29) is 9.52 Å². The summed E-state index contributed by atoms with van der Waals surface area (Å²) in [4.78, 5) is 2.65. The second kappa shape index (κ2) is 5.13. The predicted octanol–water partition coefficient (Wildman–Crippen LogP) is 0.717. The van der Waals surface area contributed by atoms with Gasteiger partial charge in [-0.3, -0.25) is 0 Å². The molecule has 0 radical (unpaired) electrons. The molecule has 2 nitrogen and oxygen atoms in total. The molecule has 0 unspecified atom stereocenters. The molecule has 0 saturated carbocycles. The van der Waals surface area contributed by atoms with Gasteiger partial charge in [0.2, 0.25) is 0 Å². The lowest BCUT2D eigenvalue weighted by Gasteiger charge is -2.40. The standard InChI is InChI=1S/C10H23NOSi/c1-3-10(4-2,13-9-12)11-7-5-6-8-11/h12H,3-9,13H2,1-2H3. The molecule has 0 spiro atoms. The summed E-state index contributed by atoms with van der Waals surface area (Å²) in [6.07, 6.45) is 5.66. The number of likely N-dealkylation sites (tertiary alicyclic amines) is 1. The second-order valence-corrected chi connectivity index (χ2v) is 6.36. The maximum absolute atomic E-state index is 9.16. The average molecular weight is 201 g/mol. The Balaban J connectivity index is 2.62. The van der Waals surface area contributed by atoms with E-state index in [0.29, 0.717) is 11.4 Å². The molecular formula is C10H23NOSi. The third kappa shape index (κ3) is 2.33. The Morgan fingerprint density at radius 1 is 1.23 bits per heavy atom. The first kappa shape index (κ1) is 11.2. The van der Waals surface area contributed by atoms with E-state index in [9.17, 15) is 0 Å². The third-order valence-corrected chi connectivity index (χ3v) is 6.27. The first-order chi connectivity index (χ1) is 6.29. The van der Waals surface area contributed by atoms with Crippen LogP contribution < -0.4 is 0 Å². The van der Waals surface area contributed by atoms with Crippen molar-refractivity contribution >= 4 is 9.52 Å². The molecule has 1 heterocycles. The highest BCUT2D eigenvalue weighted by Gasteiger charge is 2.34. The van der Waals surface area contributed by atoms with Gasteiger partial charge in [-0.1, -0.05) is 13.8 Å². The van der Waals surface area contributed by atoms with Crippen molar-refractivity contribution in [3.8, 4) is 0 Å². The van der Waals surface area contributed by atoms with Crippen LogP contribution in [0.25, 0.3) is 0 Å². The topological polar surface area (TPSA) is 23.5 Å². The Morgan fingerprint density at radius 3 is 2.15 bits per heavy atom. The molecule has 78 valence electrons. The van der Waals surface area contributed by atoms with Gasteiger partial charge in [-0.25, -0.2) is 0 Å². The highest BCUT2D eigenvalue weighted by molar-refractivity contribution is 6.39. The highest BCUT2D eigenvalue weighted by Crippen LogP contribution is 2.26. The largest absolute Gasteiger partial charge is 0.400 e. The molecule has 0 amide bonds. The number of nitrogens with zero attached hydrogens (tertiary/aromatic N) is 1. The van der Waals surface area contributed by atoms with Crippen LogP contribution >= 0.6 is 0 Å². The van der Waals surface area contributed by atoms with E-state index in [4.69, 9.17) is 5.11 Å². The molecule has 1 saturated heterocycles. The summed E-state index contributed by atoms with van der Waals surface area (Å²) >= 11 is 0. The molecule has 1 N–H and O–H groups in total. The van der Waals surface area contributed by atoms with Gasteiger partial charge >= 0.3 is 0 Å². The predicted molar refractivity (Wildman–Crippen MR) is 59.7 cm³/mol. The molecule has 0 atom stereocenters.